The van der Waals surface area contributed by atoms with Gasteiger partial charge in [0.05, 0.1) is 18.5 Å². The third kappa shape index (κ3) is 3.72. The van der Waals surface area contributed by atoms with Gasteiger partial charge >= 0.3 is 0 Å². The molecule has 3 N–H and O–H groups in total. The molecule has 0 saturated carbocycles. The first-order valence-electron chi connectivity index (χ1n) is 9.80. The van der Waals surface area contributed by atoms with Gasteiger partial charge in [0.15, 0.2) is 12.4 Å². The Morgan fingerprint density at radius 3 is 2.86 bits per heavy atom. The van der Waals surface area contributed by atoms with Crippen LogP contribution in [-0.2, 0) is 9.53 Å². The fraction of sp³-hybridized carbons (Fsp3) is 0.450. The molecular weight excluding hydrogens is 390 g/mol. The number of fused-ring (bicyclic) bond motifs is 1. The van der Waals surface area contributed by atoms with Crippen LogP contribution < -0.4 is 20.7 Å². The lowest BCUT2D eigenvalue weighted by molar-refractivity contribution is -0.118. The van der Waals surface area contributed by atoms with Gasteiger partial charge in [0, 0.05) is 24.6 Å². The van der Waals surface area contributed by atoms with Gasteiger partial charge in [-0.2, -0.15) is 0 Å². The number of hydrogen-bond donors (Lipinski definition) is 2. The Morgan fingerprint density at radius 1 is 1.24 bits per heavy atom. The van der Waals surface area contributed by atoms with Gasteiger partial charge in [-0.25, -0.2) is 9.97 Å². The standard InChI is InChI=1S/C20H23N5O3S/c21-18-19(29-13-1-2-15-14(9-13)23-17(26)11-28-15)22-10-16(24-18)25-6-3-20(4-7-25)5-8-27-12-20/h1-2,9-10H,3-8,11-12H2,(H2,21,24)(H,23,26). The topological polar surface area (TPSA) is 103 Å². The quantitative estimate of drug-likeness (QED) is 0.791. The molecule has 9 heteroatoms. The van der Waals surface area contributed by atoms with Crippen molar-refractivity contribution in [2.24, 2.45) is 5.41 Å². The highest BCUT2D eigenvalue weighted by Gasteiger charge is 2.38. The summed E-state index contributed by atoms with van der Waals surface area (Å²) < 4.78 is 11.0. The fourth-order valence-electron chi connectivity index (χ4n) is 4.10. The van der Waals surface area contributed by atoms with Gasteiger partial charge in [-0.3, -0.25) is 4.79 Å². The largest absolute Gasteiger partial charge is 0.482 e. The lowest BCUT2D eigenvalue weighted by Crippen LogP contribution is -2.41. The van der Waals surface area contributed by atoms with E-state index in [4.69, 9.17) is 15.2 Å². The van der Waals surface area contributed by atoms with Gasteiger partial charge in [-0.1, -0.05) is 11.8 Å². The maximum Gasteiger partial charge on any atom is 0.262 e. The number of anilines is 3. The van der Waals surface area contributed by atoms with Crippen molar-refractivity contribution in [1.82, 2.24) is 9.97 Å². The molecule has 0 unspecified atom stereocenters. The van der Waals surface area contributed by atoms with Crippen LogP contribution >= 0.6 is 11.8 Å². The summed E-state index contributed by atoms with van der Waals surface area (Å²) in [4.78, 5) is 23.8. The Bertz CT molecular complexity index is 938. The number of nitrogens with one attached hydrogen (secondary N) is 1. The number of amides is 1. The number of ether oxygens (including phenoxy) is 2. The normalized spacial score (nSPS) is 20.3. The number of rotatable bonds is 3. The Kier molecular flexibility index (Phi) is 4.71. The molecule has 1 spiro atoms. The second-order valence-corrected chi connectivity index (χ2v) is 8.87. The zero-order valence-electron chi connectivity index (χ0n) is 16.0. The van der Waals surface area contributed by atoms with Crippen molar-refractivity contribution < 1.29 is 14.3 Å². The zero-order valence-corrected chi connectivity index (χ0v) is 16.8. The van der Waals surface area contributed by atoms with Crippen molar-refractivity contribution in [1.29, 1.82) is 0 Å². The molecule has 4 heterocycles. The Morgan fingerprint density at radius 2 is 2.10 bits per heavy atom. The van der Waals surface area contributed by atoms with Crippen LogP contribution in [0.5, 0.6) is 5.75 Å². The number of carbonyl (C=O) groups excluding carboxylic acids is 1. The van der Waals surface area contributed by atoms with Crippen LogP contribution in [0, 0.1) is 5.41 Å². The summed E-state index contributed by atoms with van der Waals surface area (Å²) in [5.41, 5.74) is 7.23. The number of nitrogens with two attached hydrogens (primary N) is 1. The Balaban J connectivity index is 1.28. The van der Waals surface area contributed by atoms with Gasteiger partial charge in [0.2, 0.25) is 0 Å². The molecule has 3 aliphatic rings. The SMILES string of the molecule is Nc1nc(N2CCC3(CCOC3)CC2)cnc1Sc1ccc2c(c1)NC(=O)CO2. The van der Waals surface area contributed by atoms with Crippen LogP contribution in [0.1, 0.15) is 19.3 Å². The molecule has 2 saturated heterocycles. The summed E-state index contributed by atoms with van der Waals surface area (Å²) in [6.45, 7) is 3.72. The molecule has 29 heavy (non-hydrogen) atoms. The van der Waals surface area contributed by atoms with Gasteiger partial charge in [-0.05, 0) is 42.9 Å². The summed E-state index contributed by atoms with van der Waals surface area (Å²) in [5.74, 6) is 1.75. The van der Waals surface area contributed by atoms with Crippen molar-refractivity contribution in [2.45, 2.75) is 29.2 Å². The van der Waals surface area contributed by atoms with Crippen LogP contribution in [0.2, 0.25) is 0 Å². The first-order valence-corrected chi connectivity index (χ1v) is 10.6. The van der Waals surface area contributed by atoms with Crippen LogP contribution in [0.3, 0.4) is 0 Å². The predicted molar refractivity (Wildman–Crippen MR) is 110 cm³/mol. The molecule has 0 radical (unpaired) electrons. The molecule has 1 aromatic heterocycles. The highest BCUT2D eigenvalue weighted by Crippen LogP contribution is 2.40. The van der Waals surface area contributed by atoms with E-state index in [1.54, 1.807) is 6.20 Å². The molecule has 0 bridgehead atoms. The minimum atomic E-state index is -0.157. The average molecular weight is 414 g/mol. The van der Waals surface area contributed by atoms with Crippen molar-refractivity contribution in [3.05, 3.63) is 24.4 Å². The maximum atomic E-state index is 11.5. The highest BCUT2D eigenvalue weighted by atomic mass is 32.2. The molecular formula is C20H23N5O3S. The van der Waals surface area contributed by atoms with E-state index in [0.717, 1.165) is 56.3 Å². The molecule has 0 aliphatic carbocycles. The lowest BCUT2D eigenvalue weighted by atomic mass is 9.78. The Hall–Kier alpha value is -2.52. The van der Waals surface area contributed by atoms with Crippen LogP contribution in [0.4, 0.5) is 17.3 Å². The summed E-state index contributed by atoms with van der Waals surface area (Å²) in [7, 11) is 0. The van der Waals surface area contributed by atoms with Crippen molar-refractivity contribution in [3.63, 3.8) is 0 Å². The minimum Gasteiger partial charge on any atom is -0.482 e. The number of hydrogen-bond acceptors (Lipinski definition) is 8. The zero-order chi connectivity index (χ0) is 19.8. The van der Waals surface area contributed by atoms with Gasteiger partial charge in [-0.15, -0.1) is 0 Å². The number of benzene rings is 1. The monoisotopic (exact) mass is 413 g/mol. The third-order valence-electron chi connectivity index (χ3n) is 5.88. The molecule has 3 aliphatic heterocycles. The molecule has 152 valence electrons. The van der Waals surface area contributed by atoms with Gasteiger partial charge in [0.1, 0.15) is 16.6 Å². The van der Waals surface area contributed by atoms with Gasteiger partial charge in [0.25, 0.3) is 5.91 Å². The summed E-state index contributed by atoms with van der Waals surface area (Å²) in [6, 6.07) is 5.62. The van der Waals surface area contributed by atoms with Crippen LogP contribution in [0.25, 0.3) is 0 Å². The first kappa shape index (κ1) is 18.5. The van der Waals surface area contributed by atoms with E-state index < -0.39 is 0 Å². The van der Waals surface area contributed by atoms with Crippen molar-refractivity contribution in [2.75, 3.05) is 48.9 Å². The van der Waals surface area contributed by atoms with E-state index in [1.807, 2.05) is 18.2 Å². The molecule has 0 atom stereocenters. The van der Waals surface area contributed by atoms with Crippen LogP contribution in [-0.4, -0.2) is 48.8 Å². The van der Waals surface area contributed by atoms with E-state index in [9.17, 15) is 4.79 Å². The maximum absolute atomic E-state index is 11.5. The number of aromatic nitrogens is 2. The number of piperidine rings is 1. The molecule has 1 aromatic carbocycles. The average Bonchev–Trinajstić information content (AvgIpc) is 3.18. The highest BCUT2D eigenvalue weighted by molar-refractivity contribution is 7.99. The molecule has 5 rings (SSSR count). The van der Waals surface area contributed by atoms with E-state index in [2.05, 4.69) is 20.2 Å². The van der Waals surface area contributed by atoms with E-state index in [1.165, 1.54) is 11.8 Å². The smallest absolute Gasteiger partial charge is 0.262 e. The fourth-order valence-corrected chi connectivity index (χ4v) is 4.90. The summed E-state index contributed by atoms with van der Waals surface area (Å²) >= 11 is 1.42. The molecule has 8 nitrogen and oxygen atoms in total. The first-order chi connectivity index (χ1) is 14.1. The molecule has 2 fully saturated rings. The Labute approximate surface area is 173 Å². The van der Waals surface area contributed by atoms with Crippen LogP contribution in [0.15, 0.2) is 34.3 Å². The number of carbonyl (C=O) groups is 1. The number of nitrogens with zero attached hydrogens (tertiary/aromatic N) is 3. The van der Waals surface area contributed by atoms with Gasteiger partial charge < -0.3 is 25.4 Å². The minimum absolute atomic E-state index is 0.0457. The van der Waals surface area contributed by atoms with E-state index in [0.29, 0.717) is 27.7 Å². The van der Waals surface area contributed by atoms with E-state index in [-0.39, 0.29) is 12.5 Å². The molecule has 1 amide bonds. The lowest BCUT2D eigenvalue weighted by Gasteiger charge is -2.38. The second-order valence-electron chi connectivity index (χ2n) is 7.81. The molecule has 2 aromatic rings. The summed E-state index contributed by atoms with van der Waals surface area (Å²) in [5, 5.41) is 3.46. The van der Waals surface area contributed by atoms with Crippen molar-refractivity contribution >= 4 is 35.0 Å². The predicted octanol–water partition coefficient (Wildman–Crippen LogP) is 2.55. The van der Waals surface area contributed by atoms with E-state index >= 15 is 0 Å². The second kappa shape index (κ2) is 7.38. The van der Waals surface area contributed by atoms with Crippen molar-refractivity contribution in [3.8, 4) is 5.75 Å². The third-order valence-corrected chi connectivity index (χ3v) is 6.88. The number of nitrogen functional groups attached to an aromatic ring is 1. The summed E-state index contributed by atoms with van der Waals surface area (Å²) in [6.07, 6.45) is 5.20.